The summed E-state index contributed by atoms with van der Waals surface area (Å²) < 4.78 is 22.0. The molecule has 1 heterocycles. The number of nitrogens with zero attached hydrogens (tertiary/aromatic N) is 1. The zero-order valence-electron chi connectivity index (χ0n) is 16.7. The van der Waals surface area contributed by atoms with Gasteiger partial charge in [-0.05, 0) is 35.7 Å². The molecule has 0 aromatic heterocycles. The van der Waals surface area contributed by atoms with Gasteiger partial charge in [0.1, 0.15) is 13.2 Å². The Kier molecular flexibility index (Phi) is 6.45. The Morgan fingerprint density at radius 3 is 2.59 bits per heavy atom. The lowest BCUT2D eigenvalue weighted by Crippen LogP contribution is -2.35. The summed E-state index contributed by atoms with van der Waals surface area (Å²) in [5.41, 5.74) is 1.39. The molecule has 1 aliphatic heterocycles. The van der Waals surface area contributed by atoms with Gasteiger partial charge < -0.3 is 24.3 Å². The summed E-state index contributed by atoms with van der Waals surface area (Å²) in [6, 6.07) is 12.3. The molecule has 7 nitrogen and oxygen atoms in total. The summed E-state index contributed by atoms with van der Waals surface area (Å²) in [6.45, 7) is 4.94. The first kappa shape index (κ1) is 20.3. The number of benzene rings is 2. The average molecular weight is 396 g/mol. The van der Waals surface area contributed by atoms with Crippen molar-refractivity contribution in [2.45, 2.75) is 19.9 Å². The molecule has 0 spiro atoms. The van der Waals surface area contributed by atoms with E-state index in [0.717, 1.165) is 5.56 Å². The van der Waals surface area contributed by atoms with Gasteiger partial charge in [-0.25, -0.2) is 0 Å². The Labute approximate surface area is 170 Å². The van der Waals surface area contributed by atoms with Crippen molar-refractivity contribution in [2.75, 3.05) is 26.9 Å². The maximum atomic E-state index is 12.5. The van der Waals surface area contributed by atoms with Gasteiger partial charge in [0.25, 0.3) is 5.91 Å². The van der Waals surface area contributed by atoms with E-state index in [1.54, 1.807) is 18.2 Å². The van der Waals surface area contributed by atoms with Crippen LogP contribution >= 0.6 is 0 Å². The van der Waals surface area contributed by atoms with Gasteiger partial charge >= 0.3 is 0 Å². The highest BCUT2D eigenvalue weighted by Crippen LogP contribution is 2.34. The van der Waals surface area contributed by atoms with Crippen LogP contribution in [0.5, 0.6) is 23.0 Å². The normalized spacial score (nSPS) is 13.3. The van der Waals surface area contributed by atoms with Crippen molar-refractivity contribution in [3.8, 4) is 29.1 Å². The Balaban J connectivity index is 1.67. The second-order valence-corrected chi connectivity index (χ2v) is 6.96. The molecule has 1 atom stereocenters. The molecule has 7 heteroatoms. The van der Waals surface area contributed by atoms with E-state index in [1.807, 2.05) is 38.1 Å². The summed E-state index contributed by atoms with van der Waals surface area (Å²) in [7, 11) is 1.49. The molecule has 0 saturated carbocycles. The van der Waals surface area contributed by atoms with E-state index in [9.17, 15) is 4.79 Å². The molecular weight excluding hydrogens is 372 g/mol. The minimum absolute atomic E-state index is 0.158. The van der Waals surface area contributed by atoms with E-state index in [-0.39, 0.29) is 24.5 Å². The van der Waals surface area contributed by atoms with Gasteiger partial charge in [0, 0.05) is 6.07 Å². The highest BCUT2D eigenvalue weighted by atomic mass is 16.6. The molecule has 0 aliphatic carbocycles. The predicted molar refractivity (Wildman–Crippen MR) is 106 cm³/mol. The van der Waals surface area contributed by atoms with Gasteiger partial charge in [-0.1, -0.05) is 19.9 Å². The third-order valence-electron chi connectivity index (χ3n) is 4.56. The first-order valence-corrected chi connectivity index (χ1v) is 9.41. The van der Waals surface area contributed by atoms with Gasteiger partial charge in [-0.3, -0.25) is 4.79 Å². The Bertz CT molecular complexity index is 920. The smallest absolute Gasteiger partial charge is 0.258 e. The van der Waals surface area contributed by atoms with E-state index in [0.29, 0.717) is 41.8 Å². The zero-order chi connectivity index (χ0) is 20.8. The van der Waals surface area contributed by atoms with Crippen LogP contribution in [0.2, 0.25) is 0 Å². The molecular formula is C22H24N2O5. The number of nitriles is 1. The van der Waals surface area contributed by atoms with E-state index in [2.05, 4.69) is 5.32 Å². The lowest BCUT2D eigenvalue weighted by atomic mass is 9.95. The van der Waals surface area contributed by atoms with Crippen molar-refractivity contribution in [2.24, 2.45) is 5.92 Å². The molecule has 0 bridgehead atoms. The predicted octanol–water partition coefficient (Wildman–Crippen LogP) is 3.23. The molecule has 152 valence electrons. The fourth-order valence-corrected chi connectivity index (χ4v) is 3.10. The quantitative estimate of drug-likeness (QED) is 0.773. The van der Waals surface area contributed by atoms with Gasteiger partial charge in [-0.2, -0.15) is 5.26 Å². The fraction of sp³-hybridized carbons (Fsp3) is 0.364. The fourth-order valence-electron chi connectivity index (χ4n) is 3.10. The summed E-state index contributed by atoms with van der Waals surface area (Å²) in [5, 5.41) is 12.0. The molecule has 0 fully saturated rings. The number of nitrogens with one attached hydrogen (secondary N) is 1. The molecule has 2 aromatic rings. The molecule has 1 N–H and O–H groups in total. The number of methoxy groups -OCH3 is 1. The molecule has 1 amide bonds. The van der Waals surface area contributed by atoms with Crippen LogP contribution in [0, 0.1) is 17.2 Å². The molecule has 2 aromatic carbocycles. The maximum absolute atomic E-state index is 12.5. The Morgan fingerprint density at radius 2 is 1.90 bits per heavy atom. The Hall–Kier alpha value is -3.40. The van der Waals surface area contributed by atoms with Crippen LogP contribution in [0.15, 0.2) is 36.4 Å². The molecule has 0 unspecified atom stereocenters. The highest BCUT2D eigenvalue weighted by Gasteiger charge is 2.22. The standard InChI is InChI=1S/C22H24N2O5/c1-14(2)22(16-5-7-18-20(11-16)28-9-8-27-18)24-21(25)13-29-17-6-4-15(12-23)10-19(17)26-3/h4-7,10-11,14,22H,8-9,13H2,1-3H3,(H,24,25)/t22-/m1/s1. The van der Waals surface area contributed by atoms with Crippen molar-refractivity contribution in [1.82, 2.24) is 5.32 Å². The minimum atomic E-state index is -0.259. The van der Waals surface area contributed by atoms with Crippen molar-refractivity contribution in [1.29, 1.82) is 5.26 Å². The van der Waals surface area contributed by atoms with Gasteiger partial charge in [0.2, 0.25) is 0 Å². The Morgan fingerprint density at radius 1 is 1.14 bits per heavy atom. The molecule has 3 rings (SSSR count). The minimum Gasteiger partial charge on any atom is -0.493 e. The van der Waals surface area contributed by atoms with Crippen molar-refractivity contribution < 1.29 is 23.7 Å². The number of ether oxygens (including phenoxy) is 4. The molecule has 29 heavy (non-hydrogen) atoms. The second-order valence-electron chi connectivity index (χ2n) is 6.96. The van der Waals surface area contributed by atoms with Crippen LogP contribution in [-0.4, -0.2) is 32.8 Å². The highest BCUT2D eigenvalue weighted by molar-refractivity contribution is 5.78. The number of hydrogen-bond acceptors (Lipinski definition) is 6. The van der Waals surface area contributed by atoms with Crippen molar-refractivity contribution >= 4 is 5.91 Å². The van der Waals surface area contributed by atoms with E-state index in [4.69, 9.17) is 24.2 Å². The number of rotatable bonds is 7. The van der Waals surface area contributed by atoms with Crippen LogP contribution < -0.4 is 24.3 Å². The van der Waals surface area contributed by atoms with Gasteiger partial charge in [0.15, 0.2) is 29.6 Å². The second kappa shape index (κ2) is 9.20. The zero-order valence-corrected chi connectivity index (χ0v) is 16.7. The largest absolute Gasteiger partial charge is 0.493 e. The number of amides is 1. The number of fused-ring (bicyclic) bond motifs is 1. The summed E-state index contributed by atoms with van der Waals surface area (Å²) in [5.74, 6) is 2.11. The topological polar surface area (TPSA) is 89.8 Å². The number of carbonyl (C=O) groups excluding carboxylic acids is 1. The SMILES string of the molecule is COc1cc(C#N)ccc1OCC(=O)N[C@@H](c1ccc2c(c1)OCCO2)C(C)C. The number of hydrogen-bond donors (Lipinski definition) is 1. The molecule has 0 radical (unpaired) electrons. The van der Waals surface area contributed by atoms with Crippen molar-refractivity contribution in [3.63, 3.8) is 0 Å². The van der Waals surface area contributed by atoms with Gasteiger partial charge in [-0.15, -0.1) is 0 Å². The lowest BCUT2D eigenvalue weighted by Gasteiger charge is -2.25. The summed E-state index contributed by atoms with van der Waals surface area (Å²) >= 11 is 0. The van der Waals surface area contributed by atoms with Crippen LogP contribution in [0.25, 0.3) is 0 Å². The van der Waals surface area contributed by atoms with Crippen LogP contribution in [0.3, 0.4) is 0 Å². The van der Waals surface area contributed by atoms with E-state index in [1.165, 1.54) is 7.11 Å². The first-order chi connectivity index (χ1) is 14.0. The van der Waals surface area contributed by atoms with Crippen LogP contribution in [0.4, 0.5) is 0 Å². The lowest BCUT2D eigenvalue weighted by molar-refractivity contribution is -0.124. The van der Waals surface area contributed by atoms with Gasteiger partial charge in [0.05, 0.1) is 24.8 Å². The summed E-state index contributed by atoms with van der Waals surface area (Å²) in [4.78, 5) is 12.5. The van der Waals surface area contributed by atoms with E-state index < -0.39 is 0 Å². The van der Waals surface area contributed by atoms with Crippen LogP contribution in [0.1, 0.15) is 31.0 Å². The third-order valence-corrected chi connectivity index (χ3v) is 4.56. The maximum Gasteiger partial charge on any atom is 0.258 e. The number of carbonyl (C=O) groups is 1. The van der Waals surface area contributed by atoms with Crippen LogP contribution in [-0.2, 0) is 4.79 Å². The van der Waals surface area contributed by atoms with Crippen molar-refractivity contribution in [3.05, 3.63) is 47.5 Å². The molecule has 1 aliphatic rings. The third kappa shape index (κ3) is 4.91. The molecule has 0 saturated heterocycles. The monoisotopic (exact) mass is 396 g/mol. The van der Waals surface area contributed by atoms with E-state index >= 15 is 0 Å². The first-order valence-electron chi connectivity index (χ1n) is 9.41. The average Bonchev–Trinajstić information content (AvgIpc) is 2.75. The summed E-state index contributed by atoms with van der Waals surface area (Å²) in [6.07, 6.45) is 0.